The van der Waals surface area contributed by atoms with E-state index in [1.54, 1.807) is 12.1 Å². The number of carboxylic acid groups (broad SMARTS) is 1. The van der Waals surface area contributed by atoms with Gasteiger partial charge in [-0.1, -0.05) is 0 Å². The van der Waals surface area contributed by atoms with E-state index in [1.165, 1.54) is 11.6 Å². The Bertz CT molecular complexity index is 642. The first-order chi connectivity index (χ1) is 8.49. The number of carboxylic acids is 1. The molecule has 0 bridgehead atoms. The van der Waals surface area contributed by atoms with Crippen molar-refractivity contribution in [2.45, 2.75) is 11.4 Å². The number of furan rings is 1. The maximum Gasteiger partial charge on any atom is 0.345 e. The van der Waals surface area contributed by atoms with Gasteiger partial charge in [0.2, 0.25) is 10.0 Å². The zero-order valence-corrected chi connectivity index (χ0v) is 10.6. The summed E-state index contributed by atoms with van der Waals surface area (Å²) in [5, 5.41) is 10.0. The molecule has 0 radical (unpaired) electrons. The molecule has 2 aromatic heterocycles. The van der Waals surface area contributed by atoms with Gasteiger partial charge < -0.3 is 9.52 Å². The normalized spacial score (nSPS) is 11.6. The minimum atomic E-state index is -3.71. The molecule has 2 aromatic rings. The van der Waals surface area contributed by atoms with Crippen LogP contribution in [-0.4, -0.2) is 19.5 Å². The number of nitrogens with one attached hydrogen (secondary N) is 1. The van der Waals surface area contributed by atoms with Gasteiger partial charge in [-0.15, -0.1) is 11.3 Å². The number of rotatable bonds is 5. The Morgan fingerprint density at radius 1 is 1.50 bits per heavy atom. The summed E-state index contributed by atoms with van der Waals surface area (Å²) < 4.78 is 31.0. The molecule has 0 atom stereocenters. The van der Waals surface area contributed by atoms with Crippen LogP contribution in [0.3, 0.4) is 0 Å². The van der Waals surface area contributed by atoms with Crippen LogP contribution in [-0.2, 0) is 16.6 Å². The maximum atomic E-state index is 11.8. The number of aromatic carboxylic acids is 1. The lowest BCUT2D eigenvalue weighted by Gasteiger charge is -2.02. The molecule has 2 rings (SSSR count). The van der Waals surface area contributed by atoms with Crippen molar-refractivity contribution in [2.75, 3.05) is 0 Å². The molecule has 0 spiro atoms. The lowest BCUT2D eigenvalue weighted by Crippen LogP contribution is -2.22. The molecule has 2 N–H and O–H groups in total. The fourth-order valence-corrected chi connectivity index (χ4v) is 3.34. The summed E-state index contributed by atoms with van der Waals surface area (Å²) in [6.45, 7) is 0.0214. The highest BCUT2D eigenvalue weighted by molar-refractivity contribution is 7.89. The van der Waals surface area contributed by atoms with Crippen molar-refractivity contribution in [3.8, 4) is 0 Å². The Hall–Kier alpha value is -1.64. The molecule has 0 aromatic carbocycles. The Balaban J connectivity index is 2.12. The standard InChI is InChI=1S/C10H9NO5S2/c12-10(13)9-4-8(6-17-9)18(14,15)11-5-7-2-1-3-16-7/h1-4,6,11H,5H2,(H,12,13). The second-order valence-electron chi connectivity index (χ2n) is 3.36. The fraction of sp³-hybridized carbons (Fsp3) is 0.100. The Kier molecular flexibility index (Phi) is 3.50. The number of sulfonamides is 1. The van der Waals surface area contributed by atoms with Gasteiger partial charge in [-0.2, -0.15) is 0 Å². The highest BCUT2D eigenvalue weighted by Gasteiger charge is 2.18. The second-order valence-corrected chi connectivity index (χ2v) is 6.03. The van der Waals surface area contributed by atoms with Crippen molar-refractivity contribution in [1.82, 2.24) is 4.72 Å². The first kappa shape index (κ1) is 12.8. The van der Waals surface area contributed by atoms with Crippen molar-refractivity contribution in [1.29, 1.82) is 0 Å². The summed E-state index contributed by atoms with van der Waals surface area (Å²) in [7, 11) is -3.71. The molecule has 0 saturated carbocycles. The summed E-state index contributed by atoms with van der Waals surface area (Å²) in [5.74, 6) is -0.667. The molecular formula is C10H9NO5S2. The minimum Gasteiger partial charge on any atom is -0.477 e. The zero-order chi connectivity index (χ0) is 13.2. The molecule has 0 fully saturated rings. The van der Waals surface area contributed by atoms with E-state index in [0.717, 1.165) is 17.4 Å². The molecule has 18 heavy (non-hydrogen) atoms. The van der Waals surface area contributed by atoms with Crippen molar-refractivity contribution < 1.29 is 22.7 Å². The van der Waals surface area contributed by atoms with E-state index in [-0.39, 0.29) is 16.3 Å². The van der Waals surface area contributed by atoms with Crippen LogP contribution in [0.2, 0.25) is 0 Å². The van der Waals surface area contributed by atoms with E-state index in [1.807, 2.05) is 0 Å². The molecule has 96 valence electrons. The molecule has 2 heterocycles. The van der Waals surface area contributed by atoms with Crippen LogP contribution >= 0.6 is 11.3 Å². The lowest BCUT2D eigenvalue weighted by molar-refractivity contribution is 0.0702. The highest BCUT2D eigenvalue weighted by atomic mass is 32.2. The minimum absolute atomic E-state index is 0.0200. The van der Waals surface area contributed by atoms with Crippen molar-refractivity contribution >= 4 is 27.3 Å². The molecule has 0 aliphatic heterocycles. The average Bonchev–Trinajstić information content (AvgIpc) is 2.98. The van der Waals surface area contributed by atoms with Gasteiger partial charge in [-0.3, -0.25) is 0 Å². The van der Waals surface area contributed by atoms with Crippen LogP contribution in [0.15, 0.2) is 39.2 Å². The third-order valence-electron chi connectivity index (χ3n) is 2.11. The third-order valence-corrected chi connectivity index (χ3v) is 4.56. The number of hydrogen-bond acceptors (Lipinski definition) is 5. The number of hydrogen-bond donors (Lipinski definition) is 2. The SMILES string of the molecule is O=C(O)c1cc(S(=O)(=O)NCc2ccco2)cs1. The number of thiophene rings is 1. The van der Waals surface area contributed by atoms with E-state index in [2.05, 4.69) is 4.72 Å². The zero-order valence-electron chi connectivity index (χ0n) is 8.99. The van der Waals surface area contributed by atoms with E-state index in [0.29, 0.717) is 5.76 Å². The predicted molar refractivity (Wildman–Crippen MR) is 64.0 cm³/mol. The molecule has 0 aliphatic rings. The van der Waals surface area contributed by atoms with Gasteiger partial charge in [0.25, 0.3) is 0 Å². The summed E-state index contributed by atoms with van der Waals surface area (Å²) in [6.07, 6.45) is 1.44. The van der Waals surface area contributed by atoms with Crippen LogP contribution in [0.5, 0.6) is 0 Å². The smallest absolute Gasteiger partial charge is 0.345 e. The van der Waals surface area contributed by atoms with Gasteiger partial charge in [-0.05, 0) is 18.2 Å². The Morgan fingerprint density at radius 2 is 2.28 bits per heavy atom. The van der Waals surface area contributed by atoms with Gasteiger partial charge in [0.1, 0.15) is 10.6 Å². The fourth-order valence-electron chi connectivity index (χ4n) is 1.23. The average molecular weight is 287 g/mol. The Labute approximate surface area is 107 Å². The van der Waals surface area contributed by atoms with Gasteiger partial charge in [0, 0.05) is 5.38 Å². The molecular weight excluding hydrogens is 278 g/mol. The molecule has 0 saturated heterocycles. The van der Waals surface area contributed by atoms with E-state index in [4.69, 9.17) is 9.52 Å². The third kappa shape index (κ3) is 2.78. The van der Waals surface area contributed by atoms with E-state index < -0.39 is 16.0 Å². The first-order valence-electron chi connectivity index (χ1n) is 4.83. The van der Waals surface area contributed by atoms with E-state index >= 15 is 0 Å². The molecule has 0 aliphatic carbocycles. The first-order valence-corrected chi connectivity index (χ1v) is 7.19. The van der Waals surface area contributed by atoms with Gasteiger partial charge in [-0.25, -0.2) is 17.9 Å². The van der Waals surface area contributed by atoms with Crippen LogP contribution in [0, 0.1) is 0 Å². The van der Waals surface area contributed by atoms with Gasteiger partial charge >= 0.3 is 5.97 Å². The topological polar surface area (TPSA) is 96.6 Å². The predicted octanol–water partition coefficient (Wildman–Crippen LogP) is 1.52. The summed E-state index contributed by atoms with van der Waals surface area (Å²) in [4.78, 5) is 10.6. The summed E-state index contributed by atoms with van der Waals surface area (Å²) >= 11 is 0.866. The van der Waals surface area contributed by atoms with Crippen molar-refractivity contribution in [2.24, 2.45) is 0 Å². The molecule has 0 amide bonds. The van der Waals surface area contributed by atoms with Crippen LogP contribution in [0.4, 0.5) is 0 Å². The summed E-state index contributed by atoms with van der Waals surface area (Å²) in [6, 6.07) is 4.41. The molecule has 8 heteroatoms. The van der Waals surface area contributed by atoms with Gasteiger partial charge in [0.15, 0.2) is 0 Å². The van der Waals surface area contributed by atoms with Crippen LogP contribution < -0.4 is 4.72 Å². The van der Waals surface area contributed by atoms with Crippen LogP contribution in [0.1, 0.15) is 15.4 Å². The highest BCUT2D eigenvalue weighted by Crippen LogP contribution is 2.19. The summed E-state index contributed by atoms with van der Waals surface area (Å²) in [5.41, 5.74) is 0. The lowest BCUT2D eigenvalue weighted by atomic mass is 10.5. The van der Waals surface area contributed by atoms with Crippen molar-refractivity contribution in [3.63, 3.8) is 0 Å². The van der Waals surface area contributed by atoms with Crippen LogP contribution in [0.25, 0.3) is 0 Å². The van der Waals surface area contributed by atoms with Gasteiger partial charge in [0.05, 0.1) is 17.7 Å². The largest absolute Gasteiger partial charge is 0.477 e. The Morgan fingerprint density at radius 3 is 2.83 bits per heavy atom. The molecule has 6 nitrogen and oxygen atoms in total. The number of carbonyl (C=O) groups is 1. The molecule has 0 unspecified atom stereocenters. The quantitative estimate of drug-likeness (QED) is 0.869. The van der Waals surface area contributed by atoms with E-state index in [9.17, 15) is 13.2 Å². The monoisotopic (exact) mass is 287 g/mol. The maximum absolute atomic E-state index is 11.8. The van der Waals surface area contributed by atoms with Crippen molar-refractivity contribution in [3.05, 3.63) is 40.5 Å². The second kappa shape index (κ2) is 4.92.